The summed E-state index contributed by atoms with van der Waals surface area (Å²) < 4.78 is 9.93. The van der Waals surface area contributed by atoms with Crippen LogP contribution in [0.5, 0.6) is 0 Å². The molecule has 1 saturated heterocycles. The number of benzene rings is 1. The Kier molecular flexibility index (Phi) is 5.16. The van der Waals surface area contributed by atoms with Crippen molar-refractivity contribution < 1.29 is 19.1 Å². The van der Waals surface area contributed by atoms with Crippen molar-refractivity contribution in [3.8, 4) is 0 Å². The van der Waals surface area contributed by atoms with Gasteiger partial charge in [-0.15, -0.1) is 0 Å². The van der Waals surface area contributed by atoms with Gasteiger partial charge in [0.05, 0.1) is 19.6 Å². The van der Waals surface area contributed by atoms with Crippen molar-refractivity contribution in [2.75, 3.05) is 13.7 Å². The number of ether oxygens (including phenoxy) is 2. The summed E-state index contributed by atoms with van der Waals surface area (Å²) in [5.41, 5.74) is 6.88. The molecule has 0 spiro atoms. The Balaban J connectivity index is 1.92. The third-order valence-corrected chi connectivity index (χ3v) is 3.64. The highest BCUT2D eigenvalue weighted by Crippen LogP contribution is 2.21. The van der Waals surface area contributed by atoms with E-state index in [1.165, 1.54) is 12.0 Å². The number of methoxy groups -OCH3 is 1. The molecule has 21 heavy (non-hydrogen) atoms. The molecule has 1 amide bonds. The van der Waals surface area contributed by atoms with Crippen molar-refractivity contribution in [1.29, 1.82) is 0 Å². The van der Waals surface area contributed by atoms with E-state index in [4.69, 9.17) is 10.5 Å². The maximum absolute atomic E-state index is 12.1. The lowest BCUT2D eigenvalue weighted by Gasteiger charge is -2.25. The Bertz CT molecular complexity index is 492. The van der Waals surface area contributed by atoms with Gasteiger partial charge in [-0.3, -0.25) is 4.79 Å². The quantitative estimate of drug-likeness (QED) is 0.846. The summed E-state index contributed by atoms with van der Waals surface area (Å²) >= 11 is 0. The molecule has 1 heterocycles. The van der Waals surface area contributed by atoms with Gasteiger partial charge >= 0.3 is 12.1 Å². The molecule has 2 unspecified atom stereocenters. The monoisotopic (exact) mass is 292 g/mol. The normalized spacial score (nSPS) is 21.1. The second-order valence-corrected chi connectivity index (χ2v) is 5.03. The van der Waals surface area contributed by atoms with E-state index < -0.39 is 6.09 Å². The van der Waals surface area contributed by atoms with Gasteiger partial charge in [0.15, 0.2) is 0 Å². The molecule has 1 aromatic carbocycles. The number of hydrogen-bond acceptors (Lipinski definition) is 5. The Labute approximate surface area is 123 Å². The zero-order valence-corrected chi connectivity index (χ0v) is 12.0. The summed E-state index contributed by atoms with van der Waals surface area (Å²) in [6, 6.07) is 8.85. The van der Waals surface area contributed by atoms with Crippen LogP contribution in [0.1, 0.15) is 18.4 Å². The number of rotatable bonds is 4. The van der Waals surface area contributed by atoms with Gasteiger partial charge in [-0.05, 0) is 12.0 Å². The minimum absolute atomic E-state index is 0.0953. The van der Waals surface area contributed by atoms with Crippen LogP contribution >= 0.6 is 0 Å². The lowest BCUT2D eigenvalue weighted by Crippen LogP contribution is -2.44. The average Bonchev–Trinajstić information content (AvgIpc) is 2.87. The minimum atomic E-state index is -0.444. The number of esters is 1. The van der Waals surface area contributed by atoms with Crippen LogP contribution in [0.3, 0.4) is 0 Å². The molecule has 1 aliphatic heterocycles. The van der Waals surface area contributed by atoms with Crippen molar-refractivity contribution >= 4 is 12.1 Å². The van der Waals surface area contributed by atoms with Gasteiger partial charge in [0.2, 0.25) is 0 Å². The Hall–Kier alpha value is -2.08. The maximum Gasteiger partial charge on any atom is 0.410 e. The molecule has 0 aliphatic carbocycles. The highest BCUT2D eigenvalue weighted by atomic mass is 16.6. The van der Waals surface area contributed by atoms with Gasteiger partial charge in [0, 0.05) is 12.6 Å². The molecule has 0 aromatic heterocycles. The molecule has 0 bridgehead atoms. The standard InChI is InChI=1S/C15H20N2O4/c1-20-14(18)9-13-12(16)7-8-17(13)15(19)21-10-11-5-3-2-4-6-11/h2-6,12-13H,7-10,16H2,1H3. The fourth-order valence-electron chi connectivity index (χ4n) is 2.42. The number of likely N-dealkylation sites (tertiary alicyclic amines) is 1. The number of amides is 1. The topological polar surface area (TPSA) is 81.9 Å². The van der Waals surface area contributed by atoms with Crippen molar-refractivity contribution in [3.05, 3.63) is 35.9 Å². The smallest absolute Gasteiger partial charge is 0.410 e. The second-order valence-electron chi connectivity index (χ2n) is 5.03. The van der Waals surface area contributed by atoms with Gasteiger partial charge in [0.1, 0.15) is 6.61 Å². The van der Waals surface area contributed by atoms with Gasteiger partial charge in [0.25, 0.3) is 0 Å². The van der Waals surface area contributed by atoms with E-state index in [2.05, 4.69) is 4.74 Å². The number of hydrogen-bond donors (Lipinski definition) is 1. The molecule has 2 N–H and O–H groups in total. The summed E-state index contributed by atoms with van der Waals surface area (Å²) in [6.45, 7) is 0.701. The predicted molar refractivity (Wildman–Crippen MR) is 76.3 cm³/mol. The van der Waals surface area contributed by atoms with Crippen LogP contribution in [0.25, 0.3) is 0 Å². The fourth-order valence-corrected chi connectivity index (χ4v) is 2.42. The predicted octanol–water partition coefficient (Wildman–Crippen LogP) is 1.29. The van der Waals surface area contributed by atoms with Crippen LogP contribution in [0.15, 0.2) is 30.3 Å². The number of nitrogens with two attached hydrogens (primary N) is 1. The van der Waals surface area contributed by atoms with Crippen molar-refractivity contribution in [2.24, 2.45) is 5.73 Å². The van der Waals surface area contributed by atoms with Gasteiger partial charge in [-0.25, -0.2) is 4.79 Å². The lowest BCUT2D eigenvalue weighted by atomic mass is 10.1. The number of carbonyl (C=O) groups excluding carboxylic acids is 2. The summed E-state index contributed by atoms with van der Waals surface area (Å²) in [7, 11) is 1.32. The number of nitrogens with zero attached hydrogens (tertiary/aromatic N) is 1. The molecule has 1 aliphatic rings. The Morgan fingerprint density at radius 1 is 1.33 bits per heavy atom. The van der Waals surface area contributed by atoms with E-state index in [-0.39, 0.29) is 31.1 Å². The van der Waals surface area contributed by atoms with E-state index in [1.807, 2.05) is 30.3 Å². The molecular weight excluding hydrogens is 272 g/mol. The third kappa shape index (κ3) is 3.95. The van der Waals surface area contributed by atoms with Crippen LogP contribution < -0.4 is 5.73 Å². The molecule has 1 fully saturated rings. The van der Waals surface area contributed by atoms with E-state index >= 15 is 0 Å². The molecule has 6 heteroatoms. The zero-order chi connectivity index (χ0) is 15.2. The van der Waals surface area contributed by atoms with Crippen LogP contribution in [-0.2, 0) is 20.9 Å². The molecular formula is C15H20N2O4. The highest BCUT2D eigenvalue weighted by molar-refractivity contribution is 5.73. The molecule has 2 rings (SSSR count). The van der Waals surface area contributed by atoms with Crippen LogP contribution in [0.2, 0.25) is 0 Å². The number of carbonyl (C=O) groups is 2. The van der Waals surface area contributed by atoms with E-state index in [0.29, 0.717) is 13.0 Å². The first-order valence-corrected chi connectivity index (χ1v) is 6.91. The van der Waals surface area contributed by atoms with Gasteiger partial charge in [-0.2, -0.15) is 0 Å². The van der Waals surface area contributed by atoms with Crippen molar-refractivity contribution in [1.82, 2.24) is 4.90 Å². The van der Waals surface area contributed by atoms with Crippen molar-refractivity contribution in [2.45, 2.75) is 31.5 Å². The molecule has 2 atom stereocenters. The largest absolute Gasteiger partial charge is 0.469 e. The molecule has 1 aromatic rings. The lowest BCUT2D eigenvalue weighted by molar-refractivity contribution is -0.141. The minimum Gasteiger partial charge on any atom is -0.469 e. The molecule has 6 nitrogen and oxygen atoms in total. The van der Waals surface area contributed by atoms with Crippen LogP contribution in [0, 0.1) is 0 Å². The van der Waals surface area contributed by atoms with E-state index in [0.717, 1.165) is 5.56 Å². The molecule has 0 saturated carbocycles. The summed E-state index contributed by atoms with van der Waals surface area (Å²) in [6.07, 6.45) is 0.306. The summed E-state index contributed by atoms with van der Waals surface area (Å²) in [4.78, 5) is 25.1. The first-order chi connectivity index (χ1) is 10.1. The van der Waals surface area contributed by atoms with Gasteiger partial charge in [-0.1, -0.05) is 30.3 Å². The molecule has 114 valence electrons. The van der Waals surface area contributed by atoms with E-state index in [9.17, 15) is 9.59 Å². The van der Waals surface area contributed by atoms with Gasteiger partial charge < -0.3 is 20.1 Å². The Morgan fingerprint density at radius 2 is 2.05 bits per heavy atom. The second kappa shape index (κ2) is 7.08. The third-order valence-electron chi connectivity index (χ3n) is 3.64. The van der Waals surface area contributed by atoms with E-state index in [1.54, 1.807) is 0 Å². The fraction of sp³-hybridized carbons (Fsp3) is 0.467. The average molecular weight is 292 g/mol. The van der Waals surface area contributed by atoms with Crippen LogP contribution in [0.4, 0.5) is 4.79 Å². The van der Waals surface area contributed by atoms with Crippen LogP contribution in [-0.4, -0.2) is 42.7 Å². The SMILES string of the molecule is COC(=O)CC1C(N)CCN1C(=O)OCc1ccccc1. The first kappa shape index (κ1) is 15.3. The van der Waals surface area contributed by atoms with Crippen molar-refractivity contribution in [3.63, 3.8) is 0 Å². The summed E-state index contributed by atoms with van der Waals surface area (Å²) in [5, 5.41) is 0. The zero-order valence-electron chi connectivity index (χ0n) is 12.0. The molecule has 0 radical (unpaired) electrons. The highest BCUT2D eigenvalue weighted by Gasteiger charge is 2.37. The Morgan fingerprint density at radius 3 is 2.71 bits per heavy atom. The summed E-state index contributed by atoms with van der Waals surface area (Å²) in [5.74, 6) is -0.377. The maximum atomic E-state index is 12.1. The first-order valence-electron chi connectivity index (χ1n) is 6.91.